The maximum Gasteiger partial charge on any atom is 0.294 e. The van der Waals surface area contributed by atoms with Crippen LogP contribution in [-0.4, -0.2) is 13.0 Å². The molecular weight excluding hydrogens is 340 g/mol. The molecule has 0 aromatic heterocycles. The molecule has 6 nitrogen and oxygen atoms in total. The van der Waals surface area contributed by atoms with Gasteiger partial charge in [0.25, 0.3) is 10.1 Å². The van der Waals surface area contributed by atoms with E-state index in [1.54, 1.807) is 6.07 Å². The number of anilines is 2. The van der Waals surface area contributed by atoms with Crippen LogP contribution in [0.4, 0.5) is 11.4 Å². The molecule has 25 heavy (non-hydrogen) atoms. The van der Waals surface area contributed by atoms with Crippen LogP contribution in [0.2, 0.25) is 0 Å². The monoisotopic (exact) mass is 356 g/mol. The number of rotatable bonds is 4. The van der Waals surface area contributed by atoms with Crippen LogP contribution in [0.1, 0.15) is 0 Å². The van der Waals surface area contributed by atoms with Crippen LogP contribution < -0.4 is 16.2 Å². The first-order chi connectivity index (χ1) is 11.9. The molecule has 7 heteroatoms. The van der Waals surface area contributed by atoms with Crippen LogP contribution >= 0.6 is 0 Å². The lowest BCUT2D eigenvalue weighted by atomic mass is 10.0. The van der Waals surface area contributed by atoms with Crippen molar-refractivity contribution < 1.29 is 17.7 Å². The van der Waals surface area contributed by atoms with Gasteiger partial charge in [0, 0.05) is 5.56 Å². The van der Waals surface area contributed by atoms with E-state index in [0.29, 0.717) is 22.9 Å². The molecule has 0 aliphatic heterocycles. The first kappa shape index (κ1) is 16.8. The molecule has 0 saturated carbocycles. The van der Waals surface area contributed by atoms with Gasteiger partial charge in [-0.25, -0.2) is 0 Å². The molecule has 3 aromatic carbocycles. The molecular formula is C18H16N2O4S. The fourth-order valence-corrected chi connectivity index (χ4v) is 2.86. The second kappa shape index (κ2) is 6.46. The Morgan fingerprint density at radius 3 is 2.04 bits per heavy atom. The number of benzene rings is 3. The number of hydrogen-bond donors (Lipinski definition) is 3. The molecule has 0 fully saturated rings. The van der Waals surface area contributed by atoms with Crippen molar-refractivity contribution in [3.8, 4) is 22.6 Å². The van der Waals surface area contributed by atoms with Gasteiger partial charge in [-0.15, -0.1) is 0 Å². The summed E-state index contributed by atoms with van der Waals surface area (Å²) in [6.07, 6.45) is 0. The zero-order valence-corrected chi connectivity index (χ0v) is 13.9. The summed E-state index contributed by atoms with van der Waals surface area (Å²) in [6, 6.07) is 18.4. The Kier molecular flexibility index (Phi) is 4.35. The van der Waals surface area contributed by atoms with E-state index < -0.39 is 10.1 Å². The fraction of sp³-hybridized carbons (Fsp3) is 0. The van der Waals surface area contributed by atoms with Gasteiger partial charge in [0.05, 0.1) is 16.3 Å². The highest BCUT2D eigenvalue weighted by atomic mass is 32.2. The van der Waals surface area contributed by atoms with E-state index >= 15 is 0 Å². The van der Waals surface area contributed by atoms with Crippen molar-refractivity contribution in [2.75, 3.05) is 11.5 Å². The summed E-state index contributed by atoms with van der Waals surface area (Å²) in [4.78, 5) is -0.216. The van der Waals surface area contributed by atoms with Crippen molar-refractivity contribution in [1.29, 1.82) is 0 Å². The third kappa shape index (κ3) is 3.57. The summed E-state index contributed by atoms with van der Waals surface area (Å²) < 4.78 is 36.8. The lowest BCUT2D eigenvalue weighted by Crippen LogP contribution is -2.01. The predicted molar refractivity (Wildman–Crippen MR) is 97.0 cm³/mol. The van der Waals surface area contributed by atoms with Crippen LogP contribution in [0.25, 0.3) is 11.1 Å². The van der Waals surface area contributed by atoms with E-state index in [1.165, 1.54) is 24.3 Å². The maximum atomic E-state index is 11.1. The SMILES string of the molecule is Nc1c(Oc2ccc(S(=O)(=O)O)cc2)ccc(-c2ccccc2)c1N. The lowest BCUT2D eigenvalue weighted by molar-refractivity contribution is 0.479. The van der Waals surface area contributed by atoms with E-state index in [4.69, 9.17) is 20.8 Å². The average molecular weight is 356 g/mol. The third-order valence-corrected chi connectivity index (χ3v) is 4.55. The maximum absolute atomic E-state index is 11.1. The van der Waals surface area contributed by atoms with E-state index in [2.05, 4.69) is 0 Å². The van der Waals surface area contributed by atoms with E-state index in [1.807, 2.05) is 36.4 Å². The van der Waals surface area contributed by atoms with Gasteiger partial charge in [0.15, 0.2) is 5.75 Å². The van der Waals surface area contributed by atoms with E-state index in [0.717, 1.165) is 11.1 Å². The quantitative estimate of drug-likeness (QED) is 0.486. The first-order valence-corrected chi connectivity index (χ1v) is 8.79. The van der Waals surface area contributed by atoms with Crippen molar-refractivity contribution in [3.63, 3.8) is 0 Å². The van der Waals surface area contributed by atoms with E-state index in [-0.39, 0.29) is 4.90 Å². The van der Waals surface area contributed by atoms with Gasteiger partial charge >= 0.3 is 0 Å². The van der Waals surface area contributed by atoms with Gasteiger partial charge in [-0.2, -0.15) is 8.42 Å². The van der Waals surface area contributed by atoms with Gasteiger partial charge in [0.2, 0.25) is 0 Å². The standard InChI is InChI=1S/C18H16N2O4S/c19-17-15(12-4-2-1-3-5-12)10-11-16(18(17)20)24-13-6-8-14(9-7-13)25(21,22)23/h1-11H,19-20H2,(H,21,22,23). The number of hydrogen-bond acceptors (Lipinski definition) is 5. The van der Waals surface area contributed by atoms with Crippen LogP contribution in [0.3, 0.4) is 0 Å². The highest BCUT2D eigenvalue weighted by Crippen LogP contribution is 2.38. The molecule has 0 radical (unpaired) electrons. The molecule has 0 spiro atoms. The van der Waals surface area contributed by atoms with Crippen molar-refractivity contribution in [1.82, 2.24) is 0 Å². The lowest BCUT2D eigenvalue weighted by Gasteiger charge is -2.14. The molecule has 0 aliphatic carbocycles. The van der Waals surface area contributed by atoms with Crippen molar-refractivity contribution in [3.05, 3.63) is 66.7 Å². The summed E-state index contributed by atoms with van der Waals surface area (Å²) in [5.74, 6) is 0.725. The first-order valence-electron chi connectivity index (χ1n) is 7.35. The van der Waals surface area contributed by atoms with Gasteiger partial charge in [-0.3, -0.25) is 4.55 Å². The summed E-state index contributed by atoms with van der Waals surface area (Å²) >= 11 is 0. The molecule has 0 bridgehead atoms. The summed E-state index contributed by atoms with van der Waals surface area (Å²) in [5.41, 5.74) is 14.6. The highest BCUT2D eigenvalue weighted by Gasteiger charge is 2.13. The summed E-state index contributed by atoms with van der Waals surface area (Å²) in [7, 11) is -4.24. The minimum absolute atomic E-state index is 0.216. The molecule has 3 aromatic rings. The van der Waals surface area contributed by atoms with Gasteiger partial charge < -0.3 is 16.2 Å². The molecule has 0 heterocycles. The second-order valence-electron chi connectivity index (χ2n) is 5.35. The smallest absolute Gasteiger partial charge is 0.294 e. The average Bonchev–Trinajstić information content (AvgIpc) is 2.60. The molecule has 0 aliphatic rings. The fourth-order valence-electron chi connectivity index (χ4n) is 2.38. The Hall–Kier alpha value is -3.03. The number of ether oxygens (including phenoxy) is 1. The van der Waals surface area contributed by atoms with Gasteiger partial charge in [0.1, 0.15) is 5.75 Å². The number of nitrogens with two attached hydrogens (primary N) is 2. The Labute approximate surface area is 145 Å². The third-order valence-electron chi connectivity index (χ3n) is 3.68. The Bertz CT molecular complexity index is 1000. The molecule has 3 rings (SSSR count). The minimum Gasteiger partial charge on any atom is -0.455 e. The Balaban J connectivity index is 1.90. The molecule has 128 valence electrons. The van der Waals surface area contributed by atoms with Gasteiger partial charge in [-0.05, 0) is 42.0 Å². The molecule has 0 saturated heterocycles. The zero-order valence-electron chi connectivity index (χ0n) is 13.1. The summed E-state index contributed by atoms with van der Waals surface area (Å²) in [6.45, 7) is 0. The minimum atomic E-state index is -4.24. The van der Waals surface area contributed by atoms with Crippen molar-refractivity contribution in [2.45, 2.75) is 4.90 Å². The molecule has 0 atom stereocenters. The van der Waals surface area contributed by atoms with Crippen LogP contribution in [0.15, 0.2) is 71.6 Å². The largest absolute Gasteiger partial charge is 0.455 e. The van der Waals surface area contributed by atoms with E-state index in [9.17, 15) is 8.42 Å². The normalized spacial score (nSPS) is 11.2. The summed E-state index contributed by atoms with van der Waals surface area (Å²) in [5, 5.41) is 0. The topological polar surface area (TPSA) is 116 Å². The Morgan fingerprint density at radius 2 is 1.44 bits per heavy atom. The van der Waals surface area contributed by atoms with Crippen molar-refractivity contribution >= 4 is 21.5 Å². The Morgan fingerprint density at radius 1 is 0.800 bits per heavy atom. The zero-order chi connectivity index (χ0) is 18.0. The van der Waals surface area contributed by atoms with Crippen LogP contribution in [-0.2, 0) is 10.1 Å². The highest BCUT2D eigenvalue weighted by molar-refractivity contribution is 7.85. The molecule has 5 N–H and O–H groups in total. The van der Waals surface area contributed by atoms with Gasteiger partial charge in [-0.1, -0.05) is 30.3 Å². The molecule has 0 unspecified atom stereocenters. The van der Waals surface area contributed by atoms with Crippen molar-refractivity contribution in [2.24, 2.45) is 0 Å². The molecule has 0 amide bonds. The number of nitrogen functional groups attached to an aromatic ring is 2. The predicted octanol–water partition coefficient (Wildman–Crippen LogP) is 3.56. The second-order valence-corrected chi connectivity index (χ2v) is 6.77. The van der Waals surface area contributed by atoms with Crippen LogP contribution in [0, 0.1) is 0 Å². The van der Waals surface area contributed by atoms with Crippen LogP contribution in [0.5, 0.6) is 11.5 Å².